The molecule has 4 heteroatoms. The first-order chi connectivity index (χ1) is 6.60. The van der Waals surface area contributed by atoms with Crippen LogP contribution in [0.5, 0.6) is 0 Å². The van der Waals surface area contributed by atoms with Crippen molar-refractivity contribution in [1.29, 1.82) is 0 Å². The summed E-state index contributed by atoms with van der Waals surface area (Å²) in [5, 5.41) is 0. The van der Waals surface area contributed by atoms with Crippen LogP contribution in [0.25, 0.3) is 0 Å². The van der Waals surface area contributed by atoms with Crippen LogP contribution in [-0.2, 0) is 4.79 Å². The molecule has 1 rings (SSSR count). The molecule has 1 saturated heterocycles. The van der Waals surface area contributed by atoms with E-state index in [1.165, 1.54) is 0 Å². The second-order valence-corrected chi connectivity index (χ2v) is 3.90. The molecule has 0 aliphatic carbocycles. The van der Waals surface area contributed by atoms with Crippen molar-refractivity contribution in [1.82, 2.24) is 9.80 Å². The maximum absolute atomic E-state index is 11.9. The Balaban J connectivity index is 2.43. The number of hydrogen-bond donors (Lipinski definition) is 1. The Bertz CT molecular complexity index is 198. The van der Waals surface area contributed by atoms with Crippen molar-refractivity contribution in [2.24, 2.45) is 5.73 Å². The summed E-state index contributed by atoms with van der Waals surface area (Å²) in [7, 11) is 0. The van der Waals surface area contributed by atoms with Gasteiger partial charge in [0.1, 0.15) is 0 Å². The minimum atomic E-state index is -0.00491. The van der Waals surface area contributed by atoms with Gasteiger partial charge in [0.05, 0.1) is 6.04 Å². The van der Waals surface area contributed by atoms with Crippen LogP contribution in [0, 0.1) is 0 Å². The third-order valence-corrected chi connectivity index (χ3v) is 2.92. The summed E-state index contributed by atoms with van der Waals surface area (Å²) in [6, 6.07) is 0.261. The van der Waals surface area contributed by atoms with Crippen molar-refractivity contribution in [3.05, 3.63) is 0 Å². The van der Waals surface area contributed by atoms with Gasteiger partial charge in [-0.15, -0.1) is 0 Å². The standard InChI is InChI=1S/C10H21N3O/c1-4-12(5-2)10(14)8(3)13-6-9(11)7-13/h8-9H,4-7,11H2,1-3H3. The van der Waals surface area contributed by atoms with Crippen molar-refractivity contribution < 1.29 is 4.79 Å². The van der Waals surface area contributed by atoms with Gasteiger partial charge in [0.25, 0.3) is 0 Å². The van der Waals surface area contributed by atoms with Gasteiger partial charge in [-0.05, 0) is 20.8 Å². The van der Waals surface area contributed by atoms with Gasteiger partial charge in [-0.25, -0.2) is 0 Å². The molecule has 1 unspecified atom stereocenters. The Morgan fingerprint density at radius 1 is 1.50 bits per heavy atom. The zero-order chi connectivity index (χ0) is 10.7. The summed E-state index contributed by atoms with van der Waals surface area (Å²) in [5.74, 6) is 0.224. The van der Waals surface area contributed by atoms with Crippen LogP contribution >= 0.6 is 0 Å². The lowest BCUT2D eigenvalue weighted by Gasteiger charge is -2.41. The third-order valence-electron chi connectivity index (χ3n) is 2.92. The van der Waals surface area contributed by atoms with Gasteiger partial charge in [0, 0.05) is 32.2 Å². The Labute approximate surface area is 86.0 Å². The van der Waals surface area contributed by atoms with Crippen LogP contribution in [-0.4, -0.2) is 54.0 Å². The molecule has 0 aromatic rings. The van der Waals surface area contributed by atoms with Crippen molar-refractivity contribution in [2.45, 2.75) is 32.9 Å². The normalized spacial score (nSPS) is 20.3. The van der Waals surface area contributed by atoms with Crippen LogP contribution in [0.15, 0.2) is 0 Å². The Morgan fingerprint density at radius 3 is 2.36 bits per heavy atom. The number of amides is 1. The molecule has 82 valence electrons. The van der Waals surface area contributed by atoms with E-state index in [2.05, 4.69) is 4.90 Å². The molecule has 1 amide bonds. The molecule has 1 heterocycles. The SMILES string of the molecule is CCN(CC)C(=O)C(C)N1CC(N)C1. The second-order valence-electron chi connectivity index (χ2n) is 3.90. The topological polar surface area (TPSA) is 49.6 Å². The van der Waals surface area contributed by atoms with E-state index in [4.69, 9.17) is 5.73 Å². The number of rotatable bonds is 4. The molecular weight excluding hydrogens is 178 g/mol. The fraction of sp³-hybridized carbons (Fsp3) is 0.900. The predicted molar refractivity (Wildman–Crippen MR) is 56.9 cm³/mol. The summed E-state index contributed by atoms with van der Waals surface area (Å²) in [6.45, 7) is 9.28. The molecule has 1 aliphatic rings. The fourth-order valence-corrected chi connectivity index (χ4v) is 1.82. The zero-order valence-electron chi connectivity index (χ0n) is 9.36. The number of likely N-dealkylation sites (N-methyl/N-ethyl adjacent to an activating group) is 1. The molecule has 0 spiro atoms. The first-order valence-electron chi connectivity index (χ1n) is 5.38. The number of carbonyl (C=O) groups excluding carboxylic acids is 1. The summed E-state index contributed by atoms with van der Waals surface area (Å²) >= 11 is 0. The van der Waals surface area contributed by atoms with Gasteiger partial charge < -0.3 is 10.6 Å². The summed E-state index contributed by atoms with van der Waals surface area (Å²) in [5.41, 5.74) is 5.68. The lowest BCUT2D eigenvalue weighted by atomic mass is 10.1. The minimum absolute atomic E-state index is 0.00491. The Kier molecular flexibility index (Phi) is 3.89. The summed E-state index contributed by atoms with van der Waals surface area (Å²) < 4.78 is 0. The van der Waals surface area contributed by atoms with Crippen LogP contribution in [0.4, 0.5) is 0 Å². The molecule has 0 aromatic heterocycles. The maximum atomic E-state index is 11.9. The summed E-state index contributed by atoms with van der Waals surface area (Å²) in [4.78, 5) is 15.9. The lowest BCUT2D eigenvalue weighted by Crippen LogP contribution is -2.62. The molecule has 14 heavy (non-hydrogen) atoms. The monoisotopic (exact) mass is 199 g/mol. The molecule has 2 N–H and O–H groups in total. The van der Waals surface area contributed by atoms with Gasteiger partial charge in [-0.1, -0.05) is 0 Å². The van der Waals surface area contributed by atoms with E-state index in [0.29, 0.717) is 0 Å². The van der Waals surface area contributed by atoms with Gasteiger partial charge in [0.2, 0.25) is 5.91 Å². The number of carbonyl (C=O) groups is 1. The van der Waals surface area contributed by atoms with E-state index in [0.717, 1.165) is 26.2 Å². The second kappa shape index (κ2) is 4.75. The molecule has 0 bridgehead atoms. The maximum Gasteiger partial charge on any atom is 0.239 e. The molecule has 1 atom stereocenters. The lowest BCUT2D eigenvalue weighted by molar-refractivity contribution is -0.137. The van der Waals surface area contributed by atoms with E-state index >= 15 is 0 Å². The minimum Gasteiger partial charge on any atom is -0.342 e. The van der Waals surface area contributed by atoms with E-state index in [9.17, 15) is 4.79 Å². The van der Waals surface area contributed by atoms with Crippen LogP contribution in [0.2, 0.25) is 0 Å². The molecule has 0 radical (unpaired) electrons. The number of hydrogen-bond acceptors (Lipinski definition) is 3. The van der Waals surface area contributed by atoms with Crippen molar-refractivity contribution in [3.8, 4) is 0 Å². The number of nitrogens with zero attached hydrogens (tertiary/aromatic N) is 2. The quantitative estimate of drug-likeness (QED) is 0.687. The first kappa shape index (κ1) is 11.5. The highest BCUT2D eigenvalue weighted by molar-refractivity contribution is 5.81. The number of likely N-dealkylation sites (tertiary alicyclic amines) is 1. The zero-order valence-corrected chi connectivity index (χ0v) is 9.36. The van der Waals surface area contributed by atoms with Crippen LogP contribution in [0.1, 0.15) is 20.8 Å². The predicted octanol–water partition coefficient (Wildman–Crippen LogP) is -0.114. The number of nitrogens with two attached hydrogens (primary N) is 1. The van der Waals surface area contributed by atoms with Gasteiger partial charge >= 0.3 is 0 Å². The highest BCUT2D eigenvalue weighted by Crippen LogP contribution is 2.12. The molecule has 4 nitrogen and oxygen atoms in total. The molecule has 1 aliphatic heterocycles. The van der Waals surface area contributed by atoms with Crippen molar-refractivity contribution in [3.63, 3.8) is 0 Å². The third kappa shape index (κ3) is 2.25. The Morgan fingerprint density at radius 2 is 2.00 bits per heavy atom. The van der Waals surface area contributed by atoms with Crippen molar-refractivity contribution >= 4 is 5.91 Å². The van der Waals surface area contributed by atoms with Gasteiger partial charge in [-0.2, -0.15) is 0 Å². The van der Waals surface area contributed by atoms with Crippen LogP contribution < -0.4 is 5.73 Å². The Hall–Kier alpha value is -0.610. The summed E-state index contributed by atoms with van der Waals surface area (Å²) in [6.07, 6.45) is 0. The molecular formula is C10H21N3O. The van der Waals surface area contributed by atoms with E-state index in [1.54, 1.807) is 0 Å². The highest BCUT2D eigenvalue weighted by atomic mass is 16.2. The van der Waals surface area contributed by atoms with Crippen molar-refractivity contribution in [2.75, 3.05) is 26.2 Å². The molecule has 0 saturated carbocycles. The average molecular weight is 199 g/mol. The van der Waals surface area contributed by atoms with Crippen LogP contribution in [0.3, 0.4) is 0 Å². The fourth-order valence-electron chi connectivity index (χ4n) is 1.82. The van der Waals surface area contributed by atoms with Gasteiger partial charge in [0.15, 0.2) is 0 Å². The first-order valence-corrected chi connectivity index (χ1v) is 5.38. The van der Waals surface area contributed by atoms with E-state index in [1.807, 2.05) is 25.7 Å². The van der Waals surface area contributed by atoms with E-state index in [-0.39, 0.29) is 18.0 Å². The largest absolute Gasteiger partial charge is 0.342 e. The average Bonchev–Trinajstić information content (AvgIpc) is 2.13. The van der Waals surface area contributed by atoms with Gasteiger partial charge in [-0.3, -0.25) is 9.69 Å². The van der Waals surface area contributed by atoms with E-state index < -0.39 is 0 Å². The smallest absolute Gasteiger partial charge is 0.239 e. The highest BCUT2D eigenvalue weighted by Gasteiger charge is 2.32. The molecule has 1 fully saturated rings. The molecule has 0 aromatic carbocycles.